The fourth-order valence-corrected chi connectivity index (χ4v) is 4.43. The zero-order valence-corrected chi connectivity index (χ0v) is 18.4. The maximum Gasteiger partial charge on any atom is 0.294 e. The first-order valence-corrected chi connectivity index (χ1v) is 12.4. The van der Waals surface area contributed by atoms with Gasteiger partial charge >= 0.3 is 0 Å². The average molecular weight is 405 g/mol. The molecule has 0 saturated carbocycles. The third-order valence-corrected chi connectivity index (χ3v) is 6.43. The minimum absolute atomic E-state index is 0.00710. The Hall–Kier alpha value is -1.39. The lowest BCUT2D eigenvalue weighted by Crippen LogP contribution is -2.01. The molecule has 0 aromatic heterocycles. The molecule has 2 aromatic rings. The molecule has 0 fully saturated rings. The Balaban J connectivity index is 2.27. The quantitative estimate of drug-likeness (QED) is 0.286. The van der Waals surface area contributed by atoms with Crippen LogP contribution in [-0.2, 0) is 23.0 Å². The smallest absolute Gasteiger partial charge is 0.282 e. The van der Waals surface area contributed by atoms with E-state index in [2.05, 4.69) is 26.0 Å². The molecule has 0 aliphatic rings. The highest BCUT2D eigenvalue weighted by Crippen LogP contribution is 2.28. The summed E-state index contributed by atoms with van der Waals surface area (Å²) >= 11 is 0. The molecule has 0 bridgehead atoms. The molecule has 0 aliphatic heterocycles. The summed E-state index contributed by atoms with van der Waals surface area (Å²) in [7, 11) is -4.18. The highest BCUT2D eigenvalue weighted by atomic mass is 32.2. The lowest BCUT2D eigenvalue weighted by molar-refractivity contribution is 0.483. The molecule has 0 spiro atoms. The summed E-state index contributed by atoms with van der Waals surface area (Å²) in [4.78, 5) is -0.00710. The highest BCUT2D eigenvalue weighted by Gasteiger charge is 2.14. The standard InChI is InChI=1S/C24H36O3S/c1-3-5-7-9-11-13-20-15-16-21-17-18-22(28(25,26)27)19-24(21)23(20)14-12-10-8-6-4-2/h15-19H,3-14H2,1-2H3,(H,25,26,27). The largest absolute Gasteiger partial charge is 0.294 e. The van der Waals surface area contributed by atoms with E-state index in [0.29, 0.717) is 0 Å². The van der Waals surface area contributed by atoms with Crippen LogP contribution in [0.3, 0.4) is 0 Å². The minimum Gasteiger partial charge on any atom is -0.282 e. The maximum atomic E-state index is 11.6. The van der Waals surface area contributed by atoms with Crippen LogP contribution in [-0.4, -0.2) is 13.0 Å². The van der Waals surface area contributed by atoms with Crippen LogP contribution in [0, 0.1) is 0 Å². The van der Waals surface area contributed by atoms with Gasteiger partial charge in [0.25, 0.3) is 10.1 Å². The molecule has 0 saturated heterocycles. The number of hydrogen-bond donors (Lipinski definition) is 1. The Bertz CT molecular complexity index is 840. The van der Waals surface area contributed by atoms with E-state index in [4.69, 9.17) is 0 Å². The second kappa shape index (κ2) is 11.6. The highest BCUT2D eigenvalue weighted by molar-refractivity contribution is 7.85. The summed E-state index contributed by atoms with van der Waals surface area (Å²) in [6, 6.07) is 9.27. The second-order valence-corrected chi connectivity index (χ2v) is 9.31. The number of hydrogen-bond acceptors (Lipinski definition) is 2. The van der Waals surface area contributed by atoms with Gasteiger partial charge in [-0.1, -0.05) is 83.4 Å². The minimum atomic E-state index is -4.18. The predicted octanol–water partition coefficient (Wildman–Crippen LogP) is 7.11. The molecular formula is C24H36O3S. The molecule has 1 N–H and O–H groups in total. The number of rotatable bonds is 13. The first-order chi connectivity index (χ1) is 13.5. The summed E-state index contributed by atoms with van der Waals surface area (Å²) in [5, 5.41) is 2.03. The molecule has 0 unspecified atom stereocenters. The maximum absolute atomic E-state index is 11.6. The van der Waals surface area contributed by atoms with E-state index < -0.39 is 10.1 Å². The summed E-state index contributed by atoms with van der Waals surface area (Å²) in [5.41, 5.74) is 2.61. The van der Waals surface area contributed by atoms with Crippen molar-refractivity contribution in [2.24, 2.45) is 0 Å². The number of fused-ring (bicyclic) bond motifs is 1. The number of unbranched alkanes of at least 4 members (excludes halogenated alkanes) is 8. The topological polar surface area (TPSA) is 54.4 Å². The fourth-order valence-electron chi connectivity index (χ4n) is 3.92. The van der Waals surface area contributed by atoms with E-state index in [0.717, 1.165) is 30.0 Å². The van der Waals surface area contributed by atoms with Crippen molar-refractivity contribution in [2.75, 3.05) is 0 Å². The third-order valence-electron chi connectivity index (χ3n) is 5.58. The van der Waals surface area contributed by atoms with Gasteiger partial charge in [-0.3, -0.25) is 4.55 Å². The first kappa shape index (κ1) is 22.9. The Morgan fingerprint density at radius 1 is 0.750 bits per heavy atom. The van der Waals surface area contributed by atoms with E-state index in [1.807, 2.05) is 6.07 Å². The van der Waals surface area contributed by atoms with Crippen LogP contribution in [0.4, 0.5) is 0 Å². The molecule has 2 aromatic carbocycles. The van der Waals surface area contributed by atoms with Crippen LogP contribution in [0.1, 0.15) is 89.2 Å². The van der Waals surface area contributed by atoms with Crippen LogP contribution < -0.4 is 0 Å². The van der Waals surface area contributed by atoms with Crippen molar-refractivity contribution in [3.8, 4) is 0 Å². The molecule has 0 radical (unpaired) electrons. The Kier molecular flexibility index (Phi) is 9.46. The molecule has 2 rings (SSSR count). The fraction of sp³-hybridized carbons (Fsp3) is 0.583. The molecule has 0 aliphatic carbocycles. The van der Waals surface area contributed by atoms with Crippen LogP contribution in [0.15, 0.2) is 35.2 Å². The van der Waals surface area contributed by atoms with Crippen molar-refractivity contribution in [3.63, 3.8) is 0 Å². The van der Waals surface area contributed by atoms with E-state index in [9.17, 15) is 13.0 Å². The zero-order valence-electron chi connectivity index (χ0n) is 17.5. The first-order valence-electron chi connectivity index (χ1n) is 11.0. The average Bonchev–Trinajstić information content (AvgIpc) is 2.67. The molecule has 28 heavy (non-hydrogen) atoms. The van der Waals surface area contributed by atoms with Crippen molar-refractivity contribution < 1.29 is 13.0 Å². The Labute approximate surface area is 171 Å². The summed E-state index contributed by atoms with van der Waals surface area (Å²) < 4.78 is 32.7. The van der Waals surface area contributed by atoms with Gasteiger partial charge < -0.3 is 0 Å². The Morgan fingerprint density at radius 2 is 1.32 bits per heavy atom. The van der Waals surface area contributed by atoms with Crippen molar-refractivity contribution in [2.45, 2.75) is 95.8 Å². The zero-order chi connectivity index (χ0) is 20.4. The molecule has 0 heterocycles. The van der Waals surface area contributed by atoms with Crippen LogP contribution in [0.25, 0.3) is 10.8 Å². The van der Waals surface area contributed by atoms with Crippen molar-refractivity contribution in [1.29, 1.82) is 0 Å². The van der Waals surface area contributed by atoms with Gasteiger partial charge in [0.1, 0.15) is 0 Å². The van der Waals surface area contributed by atoms with Gasteiger partial charge in [-0.25, -0.2) is 0 Å². The second-order valence-electron chi connectivity index (χ2n) is 7.89. The van der Waals surface area contributed by atoms with Gasteiger partial charge in [-0.15, -0.1) is 0 Å². The monoisotopic (exact) mass is 404 g/mol. The molecule has 4 heteroatoms. The van der Waals surface area contributed by atoms with Gasteiger partial charge in [0.15, 0.2) is 0 Å². The molecule has 0 atom stereocenters. The SMILES string of the molecule is CCCCCCCc1ccc2ccc(S(=O)(=O)O)cc2c1CCCCCCC. The molecular weight excluding hydrogens is 368 g/mol. The summed E-state index contributed by atoms with van der Waals surface area (Å²) in [6.07, 6.45) is 14.3. The van der Waals surface area contributed by atoms with E-state index in [1.165, 1.54) is 75.0 Å². The Morgan fingerprint density at radius 3 is 1.93 bits per heavy atom. The molecule has 156 valence electrons. The van der Waals surface area contributed by atoms with E-state index in [1.54, 1.807) is 6.07 Å². The van der Waals surface area contributed by atoms with E-state index >= 15 is 0 Å². The molecule has 0 amide bonds. The van der Waals surface area contributed by atoms with E-state index in [-0.39, 0.29) is 4.90 Å². The van der Waals surface area contributed by atoms with Gasteiger partial charge in [0, 0.05) is 0 Å². The summed E-state index contributed by atoms with van der Waals surface area (Å²) in [6.45, 7) is 4.45. The summed E-state index contributed by atoms with van der Waals surface area (Å²) in [5.74, 6) is 0. The third kappa shape index (κ3) is 6.89. The van der Waals surface area contributed by atoms with Crippen LogP contribution in [0.2, 0.25) is 0 Å². The van der Waals surface area contributed by atoms with Gasteiger partial charge in [0.2, 0.25) is 0 Å². The molecule has 3 nitrogen and oxygen atoms in total. The van der Waals surface area contributed by atoms with Crippen molar-refractivity contribution in [3.05, 3.63) is 41.5 Å². The van der Waals surface area contributed by atoms with Gasteiger partial charge in [0.05, 0.1) is 4.90 Å². The van der Waals surface area contributed by atoms with Crippen molar-refractivity contribution in [1.82, 2.24) is 0 Å². The lowest BCUT2D eigenvalue weighted by Gasteiger charge is -2.14. The normalized spacial score (nSPS) is 12.0. The van der Waals surface area contributed by atoms with Crippen LogP contribution in [0.5, 0.6) is 0 Å². The number of benzene rings is 2. The predicted molar refractivity (Wildman–Crippen MR) is 119 cm³/mol. The van der Waals surface area contributed by atoms with Crippen LogP contribution >= 0.6 is 0 Å². The van der Waals surface area contributed by atoms with Gasteiger partial charge in [-0.05, 0) is 59.7 Å². The van der Waals surface area contributed by atoms with Crippen molar-refractivity contribution >= 4 is 20.9 Å². The lowest BCUT2D eigenvalue weighted by atomic mass is 9.91. The van der Waals surface area contributed by atoms with Gasteiger partial charge in [-0.2, -0.15) is 8.42 Å². The number of aryl methyl sites for hydroxylation is 2.